The third kappa shape index (κ3) is 4.19. The number of aryl methyl sites for hydroxylation is 1. The molecule has 0 atom stereocenters. The summed E-state index contributed by atoms with van der Waals surface area (Å²) in [5, 5.41) is 2.69. The number of hydrogen-bond donors (Lipinski definition) is 1. The molecule has 1 N–H and O–H groups in total. The van der Waals surface area contributed by atoms with Gasteiger partial charge >= 0.3 is 0 Å². The Morgan fingerprint density at radius 3 is 2.60 bits per heavy atom. The predicted octanol–water partition coefficient (Wildman–Crippen LogP) is 3.76. The standard InChI is InChI=1S/C15H13FINO2/c1-10-8-11(16)2-7-14(10)18-15(19)9-20-13-5-3-12(17)4-6-13/h2-8H,9H2,1H3,(H,18,19). The average Bonchev–Trinajstić information content (AvgIpc) is 2.41. The van der Waals surface area contributed by atoms with Crippen molar-refractivity contribution in [2.24, 2.45) is 0 Å². The number of hydrogen-bond acceptors (Lipinski definition) is 2. The molecule has 0 heterocycles. The van der Waals surface area contributed by atoms with Crippen LogP contribution in [0.15, 0.2) is 42.5 Å². The van der Waals surface area contributed by atoms with Gasteiger partial charge in [-0.05, 0) is 77.5 Å². The van der Waals surface area contributed by atoms with E-state index in [0.29, 0.717) is 17.0 Å². The number of amides is 1. The molecule has 20 heavy (non-hydrogen) atoms. The Hall–Kier alpha value is -1.63. The highest BCUT2D eigenvalue weighted by Crippen LogP contribution is 2.16. The van der Waals surface area contributed by atoms with E-state index >= 15 is 0 Å². The molecule has 0 aromatic heterocycles. The van der Waals surface area contributed by atoms with Gasteiger partial charge in [-0.25, -0.2) is 4.39 Å². The van der Waals surface area contributed by atoms with Crippen molar-refractivity contribution in [3.05, 3.63) is 57.4 Å². The molecule has 0 aliphatic heterocycles. The number of nitrogens with one attached hydrogen (secondary N) is 1. The monoisotopic (exact) mass is 385 g/mol. The van der Waals surface area contributed by atoms with E-state index in [1.165, 1.54) is 18.2 Å². The smallest absolute Gasteiger partial charge is 0.262 e. The van der Waals surface area contributed by atoms with Gasteiger partial charge in [0, 0.05) is 9.26 Å². The second kappa shape index (κ2) is 6.69. The Morgan fingerprint density at radius 1 is 1.25 bits per heavy atom. The summed E-state index contributed by atoms with van der Waals surface area (Å²) in [4.78, 5) is 11.8. The average molecular weight is 385 g/mol. The van der Waals surface area contributed by atoms with Crippen molar-refractivity contribution in [3.63, 3.8) is 0 Å². The van der Waals surface area contributed by atoms with E-state index in [4.69, 9.17) is 4.74 Å². The molecule has 0 bridgehead atoms. The minimum Gasteiger partial charge on any atom is -0.484 e. The van der Waals surface area contributed by atoms with Gasteiger partial charge < -0.3 is 10.1 Å². The van der Waals surface area contributed by atoms with Crippen molar-refractivity contribution >= 4 is 34.2 Å². The maximum atomic E-state index is 12.9. The van der Waals surface area contributed by atoms with Crippen LogP contribution in [0.4, 0.5) is 10.1 Å². The molecule has 2 rings (SSSR count). The Bertz CT molecular complexity index is 614. The fraction of sp³-hybridized carbons (Fsp3) is 0.133. The van der Waals surface area contributed by atoms with Gasteiger partial charge in [-0.1, -0.05) is 0 Å². The first-order chi connectivity index (χ1) is 9.54. The lowest BCUT2D eigenvalue weighted by Gasteiger charge is -2.09. The van der Waals surface area contributed by atoms with E-state index in [9.17, 15) is 9.18 Å². The van der Waals surface area contributed by atoms with E-state index in [1.54, 1.807) is 19.1 Å². The number of anilines is 1. The lowest BCUT2D eigenvalue weighted by atomic mass is 10.2. The zero-order valence-electron chi connectivity index (χ0n) is 10.8. The highest BCUT2D eigenvalue weighted by molar-refractivity contribution is 14.1. The van der Waals surface area contributed by atoms with Gasteiger partial charge in [0.1, 0.15) is 11.6 Å². The summed E-state index contributed by atoms with van der Waals surface area (Å²) in [6, 6.07) is 11.6. The third-order valence-corrected chi connectivity index (χ3v) is 3.37. The van der Waals surface area contributed by atoms with Gasteiger partial charge in [-0.2, -0.15) is 0 Å². The van der Waals surface area contributed by atoms with Crippen LogP contribution >= 0.6 is 22.6 Å². The second-order valence-corrected chi connectivity index (χ2v) is 5.50. The molecule has 0 saturated carbocycles. The summed E-state index contributed by atoms with van der Waals surface area (Å²) in [5.74, 6) is 0.0327. The highest BCUT2D eigenvalue weighted by atomic mass is 127. The fourth-order valence-corrected chi connectivity index (χ4v) is 1.99. The molecule has 0 fully saturated rings. The fourth-order valence-electron chi connectivity index (χ4n) is 1.63. The van der Waals surface area contributed by atoms with Crippen LogP contribution in [0.1, 0.15) is 5.56 Å². The first-order valence-electron chi connectivity index (χ1n) is 5.99. The topological polar surface area (TPSA) is 38.3 Å². The molecule has 0 saturated heterocycles. The number of benzene rings is 2. The highest BCUT2D eigenvalue weighted by Gasteiger charge is 2.06. The zero-order chi connectivity index (χ0) is 14.5. The lowest BCUT2D eigenvalue weighted by molar-refractivity contribution is -0.118. The maximum absolute atomic E-state index is 12.9. The summed E-state index contributed by atoms with van der Waals surface area (Å²) < 4.78 is 19.4. The van der Waals surface area contributed by atoms with Crippen LogP contribution in [0.25, 0.3) is 0 Å². The molecule has 1 amide bonds. The molecule has 0 aliphatic rings. The van der Waals surface area contributed by atoms with Crippen molar-refractivity contribution in [3.8, 4) is 5.75 Å². The molecule has 2 aromatic carbocycles. The molecule has 0 aliphatic carbocycles. The third-order valence-electron chi connectivity index (χ3n) is 2.65. The summed E-state index contributed by atoms with van der Waals surface area (Å²) in [7, 11) is 0. The zero-order valence-corrected chi connectivity index (χ0v) is 13.0. The van der Waals surface area contributed by atoms with Crippen LogP contribution in [0.3, 0.4) is 0 Å². The van der Waals surface area contributed by atoms with E-state index in [0.717, 1.165) is 3.57 Å². The van der Waals surface area contributed by atoms with Crippen molar-refractivity contribution in [2.75, 3.05) is 11.9 Å². The molecule has 104 valence electrons. The van der Waals surface area contributed by atoms with Crippen LogP contribution in [-0.2, 0) is 4.79 Å². The molecular formula is C15H13FINO2. The first kappa shape index (κ1) is 14.8. The molecule has 0 unspecified atom stereocenters. The maximum Gasteiger partial charge on any atom is 0.262 e. The number of ether oxygens (including phenoxy) is 1. The number of rotatable bonds is 4. The lowest BCUT2D eigenvalue weighted by Crippen LogP contribution is -2.20. The largest absolute Gasteiger partial charge is 0.484 e. The van der Waals surface area contributed by atoms with Gasteiger partial charge in [-0.15, -0.1) is 0 Å². The molecule has 5 heteroatoms. The van der Waals surface area contributed by atoms with Crippen LogP contribution in [0.2, 0.25) is 0 Å². The molecule has 3 nitrogen and oxygen atoms in total. The van der Waals surface area contributed by atoms with Gasteiger partial charge in [-0.3, -0.25) is 4.79 Å². The minimum absolute atomic E-state index is 0.0859. The molecule has 0 spiro atoms. The van der Waals surface area contributed by atoms with Crippen molar-refractivity contribution in [1.29, 1.82) is 0 Å². The number of carbonyl (C=O) groups excluding carboxylic acids is 1. The van der Waals surface area contributed by atoms with Gasteiger partial charge in [0.25, 0.3) is 5.91 Å². The Kier molecular flexibility index (Phi) is 4.94. The van der Waals surface area contributed by atoms with E-state index < -0.39 is 0 Å². The summed E-state index contributed by atoms with van der Waals surface area (Å²) in [5.41, 5.74) is 1.26. The van der Waals surface area contributed by atoms with Crippen LogP contribution in [-0.4, -0.2) is 12.5 Å². The normalized spacial score (nSPS) is 10.2. The van der Waals surface area contributed by atoms with Gasteiger partial charge in [0.15, 0.2) is 6.61 Å². The predicted molar refractivity (Wildman–Crippen MR) is 84.4 cm³/mol. The quantitative estimate of drug-likeness (QED) is 0.815. The Morgan fingerprint density at radius 2 is 1.95 bits per heavy atom. The van der Waals surface area contributed by atoms with Crippen LogP contribution < -0.4 is 10.1 Å². The van der Waals surface area contributed by atoms with Crippen LogP contribution in [0, 0.1) is 16.3 Å². The van der Waals surface area contributed by atoms with E-state index in [2.05, 4.69) is 27.9 Å². The van der Waals surface area contributed by atoms with Gasteiger partial charge in [0.2, 0.25) is 0 Å². The first-order valence-corrected chi connectivity index (χ1v) is 7.07. The summed E-state index contributed by atoms with van der Waals surface area (Å²) >= 11 is 2.19. The summed E-state index contributed by atoms with van der Waals surface area (Å²) in [6.45, 7) is 1.65. The minimum atomic E-state index is -0.323. The Balaban J connectivity index is 1.90. The molecule has 2 aromatic rings. The molecular weight excluding hydrogens is 372 g/mol. The van der Waals surface area contributed by atoms with Crippen LogP contribution in [0.5, 0.6) is 5.75 Å². The number of carbonyl (C=O) groups is 1. The SMILES string of the molecule is Cc1cc(F)ccc1NC(=O)COc1ccc(I)cc1. The molecule has 0 radical (unpaired) electrons. The van der Waals surface area contributed by atoms with Crippen molar-refractivity contribution in [2.45, 2.75) is 6.92 Å². The number of halogens is 2. The second-order valence-electron chi connectivity index (χ2n) is 4.25. The summed E-state index contributed by atoms with van der Waals surface area (Å²) in [6.07, 6.45) is 0. The Labute approximate surface area is 130 Å². The van der Waals surface area contributed by atoms with E-state index in [1.807, 2.05) is 12.1 Å². The van der Waals surface area contributed by atoms with E-state index in [-0.39, 0.29) is 18.3 Å². The van der Waals surface area contributed by atoms with Crippen molar-refractivity contribution < 1.29 is 13.9 Å². The van der Waals surface area contributed by atoms with Gasteiger partial charge in [0.05, 0.1) is 0 Å². The van der Waals surface area contributed by atoms with Crippen molar-refractivity contribution in [1.82, 2.24) is 0 Å².